The molecule has 0 radical (unpaired) electrons. The van der Waals surface area contributed by atoms with Crippen LogP contribution in [0.4, 0.5) is 5.69 Å². The van der Waals surface area contributed by atoms with E-state index in [2.05, 4.69) is 27.3 Å². The van der Waals surface area contributed by atoms with Crippen molar-refractivity contribution in [2.75, 3.05) is 5.32 Å². The smallest absolute Gasteiger partial charge is 0.244 e. The van der Waals surface area contributed by atoms with Crippen molar-refractivity contribution in [3.8, 4) is 0 Å². The maximum Gasteiger partial charge on any atom is 0.244 e. The van der Waals surface area contributed by atoms with Crippen molar-refractivity contribution in [3.05, 3.63) is 74.5 Å². The lowest BCUT2D eigenvalue weighted by Gasteiger charge is -2.12. The van der Waals surface area contributed by atoms with Gasteiger partial charge in [0.2, 0.25) is 5.91 Å². The SMILES string of the molecule is Cc1cc(C)cc(NC(=O)Cn2ccc(=O)c3cc(Br)ccc32)c1. The third kappa shape index (κ3) is 3.57. The van der Waals surface area contributed by atoms with Gasteiger partial charge in [-0.05, 0) is 55.3 Å². The summed E-state index contributed by atoms with van der Waals surface area (Å²) in [6.07, 6.45) is 1.65. The first-order chi connectivity index (χ1) is 11.4. The second-order valence-corrected chi connectivity index (χ2v) is 6.81. The van der Waals surface area contributed by atoms with E-state index < -0.39 is 0 Å². The highest BCUT2D eigenvalue weighted by atomic mass is 79.9. The number of rotatable bonds is 3. The average Bonchev–Trinajstić information content (AvgIpc) is 2.49. The van der Waals surface area contributed by atoms with E-state index in [9.17, 15) is 9.59 Å². The number of hydrogen-bond donors (Lipinski definition) is 1. The Labute approximate surface area is 148 Å². The van der Waals surface area contributed by atoms with E-state index in [1.807, 2.05) is 38.1 Å². The van der Waals surface area contributed by atoms with Crippen LogP contribution in [0.3, 0.4) is 0 Å². The molecule has 3 aromatic rings. The molecule has 1 heterocycles. The summed E-state index contributed by atoms with van der Waals surface area (Å²) in [5, 5.41) is 3.50. The fourth-order valence-electron chi connectivity index (χ4n) is 2.82. The summed E-state index contributed by atoms with van der Waals surface area (Å²) in [5.74, 6) is -0.132. The molecule has 4 nitrogen and oxygen atoms in total. The molecular formula is C19H17BrN2O2. The molecule has 0 atom stereocenters. The van der Waals surface area contributed by atoms with E-state index in [-0.39, 0.29) is 17.9 Å². The van der Waals surface area contributed by atoms with Crippen LogP contribution in [0.5, 0.6) is 0 Å². The van der Waals surface area contributed by atoms with Gasteiger partial charge < -0.3 is 9.88 Å². The van der Waals surface area contributed by atoms with E-state index >= 15 is 0 Å². The molecule has 3 rings (SSSR count). The predicted octanol–water partition coefficient (Wildman–Crippen LogP) is 4.02. The highest BCUT2D eigenvalue weighted by Crippen LogP contribution is 2.18. The standard InChI is InChI=1S/C19H17BrN2O2/c1-12-7-13(2)9-15(8-12)21-19(24)11-22-6-5-18(23)16-10-14(20)3-4-17(16)22/h3-10H,11H2,1-2H3,(H,21,24). The fourth-order valence-corrected chi connectivity index (χ4v) is 3.18. The normalized spacial score (nSPS) is 10.8. The zero-order valence-corrected chi connectivity index (χ0v) is 15.1. The Morgan fingerprint density at radius 1 is 1.08 bits per heavy atom. The number of benzene rings is 2. The maximum absolute atomic E-state index is 12.4. The highest BCUT2D eigenvalue weighted by Gasteiger charge is 2.08. The van der Waals surface area contributed by atoms with Crippen LogP contribution in [0.1, 0.15) is 11.1 Å². The topological polar surface area (TPSA) is 51.1 Å². The van der Waals surface area contributed by atoms with Gasteiger partial charge in [0.15, 0.2) is 5.43 Å². The van der Waals surface area contributed by atoms with Gasteiger partial charge in [-0.3, -0.25) is 9.59 Å². The number of aryl methyl sites for hydroxylation is 2. The van der Waals surface area contributed by atoms with Crippen LogP contribution < -0.4 is 10.7 Å². The third-order valence-corrected chi connectivity index (χ3v) is 4.25. The lowest BCUT2D eigenvalue weighted by Crippen LogP contribution is -2.20. The van der Waals surface area contributed by atoms with Crippen LogP contribution in [0, 0.1) is 13.8 Å². The Morgan fingerprint density at radius 2 is 1.79 bits per heavy atom. The number of amides is 1. The van der Waals surface area contributed by atoms with Crippen molar-refractivity contribution in [2.24, 2.45) is 0 Å². The molecule has 0 aliphatic heterocycles. The van der Waals surface area contributed by atoms with E-state index in [1.165, 1.54) is 6.07 Å². The molecule has 0 fully saturated rings. The quantitative estimate of drug-likeness (QED) is 0.741. The van der Waals surface area contributed by atoms with Gasteiger partial charge in [0, 0.05) is 27.8 Å². The second kappa shape index (κ2) is 6.61. The summed E-state index contributed by atoms with van der Waals surface area (Å²) in [5.41, 5.74) is 3.66. The monoisotopic (exact) mass is 384 g/mol. The first kappa shape index (κ1) is 16.5. The molecule has 0 saturated heterocycles. The Kier molecular flexibility index (Phi) is 4.53. The fraction of sp³-hybridized carbons (Fsp3) is 0.158. The van der Waals surface area contributed by atoms with E-state index in [4.69, 9.17) is 0 Å². The van der Waals surface area contributed by atoms with E-state index in [0.717, 1.165) is 26.8 Å². The molecule has 2 aromatic carbocycles. The minimum atomic E-state index is -0.132. The number of pyridine rings is 1. The highest BCUT2D eigenvalue weighted by molar-refractivity contribution is 9.10. The number of nitrogens with one attached hydrogen (secondary N) is 1. The van der Waals surface area contributed by atoms with Gasteiger partial charge in [-0.25, -0.2) is 0 Å². The van der Waals surface area contributed by atoms with Gasteiger partial charge in [-0.1, -0.05) is 22.0 Å². The molecule has 1 aromatic heterocycles. The zero-order chi connectivity index (χ0) is 17.3. The molecular weight excluding hydrogens is 368 g/mol. The Bertz CT molecular complexity index is 972. The molecule has 0 saturated carbocycles. The van der Waals surface area contributed by atoms with E-state index in [1.54, 1.807) is 16.8 Å². The Morgan fingerprint density at radius 3 is 2.50 bits per heavy atom. The largest absolute Gasteiger partial charge is 0.338 e. The van der Waals surface area contributed by atoms with Crippen LogP contribution in [0.2, 0.25) is 0 Å². The van der Waals surface area contributed by atoms with Crippen LogP contribution in [-0.2, 0) is 11.3 Å². The minimum Gasteiger partial charge on any atom is -0.338 e. The Hall–Kier alpha value is -2.40. The molecule has 0 bridgehead atoms. The van der Waals surface area contributed by atoms with Crippen molar-refractivity contribution < 1.29 is 4.79 Å². The lowest BCUT2D eigenvalue weighted by molar-refractivity contribution is -0.116. The van der Waals surface area contributed by atoms with Crippen LogP contribution in [-0.4, -0.2) is 10.5 Å². The first-order valence-electron chi connectivity index (χ1n) is 7.59. The Balaban J connectivity index is 1.88. The van der Waals surface area contributed by atoms with Crippen LogP contribution >= 0.6 is 15.9 Å². The first-order valence-corrected chi connectivity index (χ1v) is 8.38. The maximum atomic E-state index is 12.4. The summed E-state index contributed by atoms with van der Waals surface area (Å²) in [6.45, 7) is 4.14. The molecule has 1 amide bonds. The molecule has 24 heavy (non-hydrogen) atoms. The van der Waals surface area contributed by atoms with Crippen molar-refractivity contribution in [1.29, 1.82) is 0 Å². The van der Waals surface area contributed by atoms with Crippen molar-refractivity contribution in [1.82, 2.24) is 4.57 Å². The number of carbonyl (C=O) groups is 1. The molecule has 0 spiro atoms. The number of fused-ring (bicyclic) bond motifs is 1. The molecule has 0 unspecified atom stereocenters. The number of hydrogen-bond acceptors (Lipinski definition) is 2. The summed E-state index contributed by atoms with van der Waals surface area (Å²) in [6, 6.07) is 12.9. The number of anilines is 1. The van der Waals surface area contributed by atoms with Crippen molar-refractivity contribution in [2.45, 2.75) is 20.4 Å². The van der Waals surface area contributed by atoms with Gasteiger partial charge >= 0.3 is 0 Å². The molecule has 5 heteroatoms. The number of aromatic nitrogens is 1. The minimum absolute atomic E-state index is 0.0581. The van der Waals surface area contributed by atoms with Gasteiger partial charge in [0.05, 0.1) is 5.52 Å². The molecule has 0 aliphatic carbocycles. The van der Waals surface area contributed by atoms with Gasteiger partial charge in [-0.15, -0.1) is 0 Å². The summed E-state index contributed by atoms with van der Waals surface area (Å²) in [4.78, 5) is 24.4. The van der Waals surface area contributed by atoms with E-state index in [0.29, 0.717) is 5.39 Å². The lowest BCUT2D eigenvalue weighted by atomic mass is 10.1. The number of carbonyl (C=O) groups excluding carboxylic acids is 1. The van der Waals surface area contributed by atoms with Crippen LogP contribution in [0.25, 0.3) is 10.9 Å². The second-order valence-electron chi connectivity index (χ2n) is 5.89. The average molecular weight is 385 g/mol. The van der Waals surface area contributed by atoms with Crippen LogP contribution in [0.15, 0.2) is 57.9 Å². The predicted molar refractivity (Wildman–Crippen MR) is 100 cm³/mol. The van der Waals surface area contributed by atoms with Gasteiger partial charge in [-0.2, -0.15) is 0 Å². The molecule has 0 aliphatic rings. The number of nitrogens with zero attached hydrogens (tertiary/aromatic N) is 1. The summed E-state index contributed by atoms with van der Waals surface area (Å²) in [7, 11) is 0. The van der Waals surface area contributed by atoms with Gasteiger partial charge in [0.25, 0.3) is 0 Å². The van der Waals surface area contributed by atoms with Gasteiger partial charge in [0.1, 0.15) is 6.54 Å². The molecule has 1 N–H and O–H groups in total. The zero-order valence-electron chi connectivity index (χ0n) is 13.5. The summed E-state index contributed by atoms with van der Waals surface area (Å²) < 4.78 is 2.62. The molecule has 122 valence electrons. The summed E-state index contributed by atoms with van der Waals surface area (Å²) >= 11 is 3.37. The third-order valence-electron chi connectivity index (χ3n) is 3.76. The number of halogens is 1. The van der Waals surface area contributed by atoms with Crippen molar-refractivity contribution in [3.63, 3.8) is 0 Å². The van der Waals surface area contributed by atoms with Crippen molar-refractivity contribution >= 4 is 38.4 Å².